The van der Waals surface area contributed by atoms with Crippen molar-refractivity contribution in [2.75, 3.05) is 27.3 Å². The molecule has 5 aromatic rings. The van der Waals surface area contributed by atoms with Crippen LogP contribution in [0.4, 0.5) is 9.59 Å². The first kappa shape index (κ1) is 42.3. The van der Waals surface area contributed by atoms with Gasteiger partial charge in [0.15, 0.2) is 0 Å². The van der Waals surface area contributed by atoms with Gasteiger partial charge < -0.3 is 39.9 Å². The molecule has 4 N–H and O–H groups in total. The molecule has 15 nitrogen and oxygen atoms in total. The summed E-state index contributed by atoms with van der Waals surface area (Å²) in [6.07, 6.45) is 6.66. The molecule has 0 unspecified atom stereocenters. The zero-order valence-electron chi connectivity index (χ0n) is 36.8. The molecule has 4 bridgehead atoms. The maximum Gasteiger partial charge on any atom is 0.407 e. The Morgan fingerprint density at radius 1 is 0.794 bits per heavy atom. The predicted octanol–water partition coefficient (Wildman–Crippen LogP) is 7.65. The van der Waals surface area contributed by atoms with E-state index >= 15 is 0 Å². The van der Waals surface area contributed by atoms with Gasteiger partial charge >= 0.3 is 12.2 Å². The molecule has 2 aromatic carbocycles. The lowest BCUT2D eigenvalue weighted by atomic mass is 9.90. The van der Waals surface area contributed by atoms with Gasteiger partial charge in [-0.25, -0.2) is 24.5 Å². The number of carbonyl (C=O) groups is 4. The number of nitrogens with zero attached hydrogens (tertiary/aromatic N) is 5. The van der Waals surface area contributed by atoms with Gasteiger partial charge in [-0.1, -0.05) is 70.7 Å². The van der Waals surface area contributed by atoms with Gasteiger partial charge in [0.05, 0.1) is 53.2 Å². The summed E-state index contributed by atoms with van der Waals surface area (Å²) in [7, 11) is 2.60. The van der Waals surface area contributed by atoms with Gasteiger partial charge in [-0.2, -0.15) is 0 Å². The van der Waals surface area contributed by atoms with Crippen LogP contribution in [-0.2, 0) is 30.1 Å². The largest absolute Gasteiger partial charge is 0.453 e. The summed E-state index contributed by atoms with van der Waals surface area (Å²) in [5.74, 6) is 1.40. The van der Waals surface area contributed by atoms with Gasteiger partial charge in [-0.15, -0.1) is 11.3 Å². The summed E-state index contributed by atoms with van der Waals surface area (Å²) in [5.41, 5.74) is 6.13. The number of fused-ring (bicyclic) bond motifs is 5. The van der Waals surface area contributed by atoms with Crippen LogP contribution in [0, 0.1) is 30.6 Å². The number of aromatic nitrogens is 5. The summed E-state index contributed by atoms with van der Waals surface area (Å²) in [6, 6.07) is 11.1. The maximum absolute atomic E-state index is 14.1. The maximum atomic E-state index is 14.1. The average Bonchev–Trinajstić information content (AvgIpc) is 4.16. The molecule has 63 heavy (non-hydrogen) atoms. The van der Waals surface area contributed by atoms with Crippen LogP contribution in [0.3, 0.4) is 0 Å². The molecule has 330 valence electrons. The van der Waals surface area contributed by atoms with Gasteiger partial charge in [0.1, 0.15) is 34.8 Å². The Hall–Kier alpha value is -6.03. The van der Waals surface area contributed by atoms with E-state index < -0.39 is 35.3 Å². The zero-order valence-corrected chi connectivity index (χ0v) is 37.7. The van der Waals surface area contributed by atoms with Gasteiger partial charge in [0.25, 0.3) is 0 Å². The van der Waals surface area contributed by atoms with E-state index in [1.54, 1.807) is 11.3 Å². The SMILES string of the molecule is C=C1[C@H]2CC[C@]1(c1ncc(-c3ccc(-c4ccc(-c5cnc([C@@]67CC[C@@H](CN6C(=O)[C@@H](NC(=O)OC)C(C)C)C7)[nH]5)c5sc(C)nc45)cc3)[nH]1)N(C(=O)[C@@H](NC(=O)OC)C(C)C)C2. The third kappa shape index (κ3) is 6.88. The highest BCUT2D eigenvalue weighted by atomic mass is 32.1. The minimum Gasteiger partial charge on any atom is -0.453 e. The highest BCUT2D eigenvalue weighted by Gasteiger charge is 2.59. The van der Waals surface area contributed by atoms with Crippen molar-refractivity contribution in [2.24, 2.45) is 23.7 Å². The van der Waals surface area contributed by atoms with E-state index in [1.807, 2.05) is 56.8 Å². The highest BCUT2D eigenvalue weighted by Crippen LogP contribution is 2.56. The molecular formula is C47H55N9O6S. The van der Waals surface area contributed by atoms with Crippen LogP contribution in [0.15, 0.2) is 60.9 Å². The quantitative estimate of drug-likeness (QED) is 0.0967. The number of thiazole rings is 1. The lowest BCUT2D eigenvalue weighted by molar-refractivity contribution is -0.141. The van der Waals surface area contributed by atoms with Crippen LogP contribution < -0.4 is 10.6 Å². The van der Waals surface area contributed by atoms with Crippen LogP contribution >= 0.6 is 11.3 Å². The number of carbonyl (C=O) groups excluding carboxylic acids is 4. The van der Waals surface area contributed by atoms with Gasteiger partial charge in [-0.3, -0.25) is 9.59 Å². The van der Waals surface area contributed by atoms with Gasteiger partial charge in [0, 0.05) is 30.1 Å². The summed E-state index contributed by atoms with van der Waals surface area (Å²) in [6.45, 7) is 15.3. The number of alkyl carbamates (subject to hydrolysis) is 2. The molecule has 2 aliphatic heterocycles. The van der Waals surface area contributed by atoms with Crippen LogP contribution in [0.25, 0.3) is 43.9 Å². The molecule has 4 aliphatic rings. The molecule has 2 aliphatic carbocycles. The fourth-order valence-corrected chi connectivity index (χ4v) is 11.7. The molecule has 0 radical (unpaired) electrons. The van der Waals surface area contributed by atoms with Crippen LogP contribution in [0.2, 0.25) is 0 Å². The number of H-pyrrole nitrogens is 2. The van der Waals surface area contributed by atoms with E-state index in [2.05, 4.69) is 63.6 Å². The second kappa shape index (κ2) is 16.0. The molecule has 4 amide bonds. The summed E-state index contributed by atoms with van der Waals surface area (Å²) >= 11 is 1.64. The fourth-order valence-electron chi connectivity index (χ4n) is 10.7. The summed E-state index contributed by atoms with van der Waals surface area (Å²) in [4.78, 5) is 78.5. The number of benzene rings is 2. The van der Waals surface area contributed by atoms with E-state index in [9.17, 15) is 19.2 Å². The van der Waals surface area contributed by atoms with Crippen LogP contribution in [0.1, 0.15) is 76.5 Å². The molecule has 9 rings (SSSR count). The van der Waals surface area contributed by atoms with E-state index in [1.165, 1.54) is 14.2 Å². The Labute approximate surface area is 370 Å². The third-order valence-corrected chi connectivity index (χ3v) is 15.0. The Bertz CT molecular complexity index is 2630. The minimum absolute atomic E-state index is 0.115. The van der Waals surface area contributed by atoms with Crippen molar-refractivity contribution in [1.82, 2.24) is 45.4 Å². The Morgan fingerprint density at radius 2 is 1.40 bits per heavy atom. The van der Waals surface area contributed by atoms with E-state index in [4.69, 9.17) is 24.4 Å². The summed E-state index contributed by atoms with van der Waals surface area (Å²) < 4.78 is 10.7. The van der Waals surface area contributed by atoms with Gasteiger partial charge in [-0.05, 0) is 73.5 Å². The number of piperidine rings is 2. The van der Waals surface area contributed by atoms with Crippen LogP contribution in [0.5, 0.6) is 0 Å². The topological polar surface area (TPSA) is 188 Å². The van der Waals surface area contributed by atoms with Crippen LogP contribution in [-0.4, -0.2) is 98.1 Å². The van der Waals surface area contributed by atoms with Crippen molar-refractivity contribution in [3.63, 3.8) is 0 Å². The van der Waals surface area contributed by atoms with Crippen molar-refractivity contribution in [1.29, 1.82) is 0 Å². The number of methoxy groups -OCH3 is 2. The third-order valence-electron chi connectivity index (χ3n) is 14.0. The number of aryl methyl sites for hydroxylation is 1. The second-order valence-electron chi connectivity index (χ2n) is 18.3. The highest BCUT2D eigenvalue weighted by molar-refractivity contribution is 7.19. The molecule has 4 fully saturated rings. The first-order valence-corrected chi connectivity index (χ1v) is 22.6. The van der Waals surface area contributed by atoms with Crippen molar-refractivity contribution >= 4 is 45.6 Å². The number of ether oxygens (including phenoxy) is 2. The smallest absolute Gasteiger partial charge is 0.407 e. The number of hydrogen-bond acceptors (Lipinski definition) is 10. The van der Waals surface area contributed by atoms with Crippen molar-refractivity contribution in [2.45, 2.75) is 89.9 Å². The Morgan fingerprint density at radius 3 is 2.03 bits per heavy atom. The van der Waals surface area contributed by atoms with Gasteiger partial charge in [0.2, 0.25) is 11.8 Å². The molecule has 6 atom stereocenters. The minimum atomic E-state index is -0.788. The number of amides is 4. The number of rotatable bonds is 11. The molecule has 16 heteroatoms. The number of nitrogens with one attached hydrogen (secondary N) is 4. The van der Waals surface area contributed by atoms with Crippen molar-refractivity contribution < 1.29 is 28.7 Å². The van der Waals surface area contributed by atoms with E-state index in [0.717, 1.165) is 85.9 Å². The molecule has 5 heterocycles. The number of likely N-dealkylation sites (tertiary alicyclic amines) is 2. The van der Waals surface area contributed by atoms with Crippen molar-refractivity contribution in [3.05, 3.63) is 77.6 Å². The monoisotopic (exact) mass is 873 g/mol. The lowest BCUT2D eigenvalue weighted by Gasteiger charge is -2.40. The molecule has 2 saturated carbocycles. The average molecular weight is 874 g/mol. The number of imidazole rings is 2. The predicted molar refractivity (Wildman–Crippen MR) is 239 cm³/mol. The standard InChI is InChI=1S/C47H55N9O6S/c1-24(2)36(53-44(59)61-7)40(57)55-22-28-15-17-46(55,19-28)42-48-21-35(52-42)33-14-13-32(38-39(33)63-27(6)50-38)29-9-11-30(12-10-29)34-20-49-43(51-34)47-18-16-31(26(47)5)23-56(47)41(58)37(25(3)4)54-45(60)62-8/h9-14,20-21,24-25,28,31,36-37H,5,15-19,22-23H2,1-4,6-8H3,(H,48,52)(H,49,51)(H,53,59)(H,54,60)/t28-,31+,36+,37+,46+,47+/m1/s1. The zero-order chi connectivity index (χ0) is 44.5. The van der Waals surface area contributed by atoms with Crippen molar-refractivity contribution in [3.8, 4) is 33.6 Å². The second-order valence-corrected chi connectivity index (χ2v) is 19.5. The molecule has 3 aromatic heterocycles. The fraction of sp³-hybridized carbons (Fsp3) is 0.468. The first-order chi connectivity index (χ1) is 30.2. The van der Waals surface area contributed by atoms with E-state index in [0.29, 0.717) is 31.3 Å². The molecule has 0 spiro atoms. The molecular weight excluding hydrogens is 819 g/mol. The number of hydrogen-bond donors (Lipinski definition) is 4. The Kier molecular flexibility index (Phi) is 10.7. The van der Waals surface area contributed by atoms with E-state index in [-0.39, 0.29) is 29.6 Å². The summed E-state index contributed by atoms with van der Waals surface area (Å²) in [5, 5.41) is 6.46. The molecule has 2 saturated heterocycles. The lowest BCUT2D eigenvalue weighted by Crippen LogP contribution is -2.56. The number of aromatic amines is 2. The first-order valence-electron chi connectivity index (χ1n) is 21.8. The normalized spacial score (nSPS) is 23.5. The Balaban J connectivity index is 0.975.